The summed E-state index contributed by atoms with van der Waals surface area (Å²) < 4.78 is 7.86. The van der Waals surface area contributed by atoms with Crippen molar-refractivity contribution in [2.75, 3.05) is 6.61 Å². The molecule has 0 aliphatic heterocycles. The van der Waals surface area contributed by atoms with Crippen LogP contribution in [0.3, 0.4) is 0 Å². The van der Waals surface area contributed by atoms with Crippen molar-refractivity contribution in [2.24, 2.45) is 0 Å². The second-order valence-corrected chi connectivity index (χ2v) is 3.97. The van der Waals surface area contributed by atoms with Crippen LogP contribution in [0.1, 0.15) is 19.0 Å². The van der Waals surface area contributed by atoms with Crippen LogP contribution < -0.4 is 5.56 Å². The standard InChI is InChI=1S/C12H15N3O3/c1-3-18-11(16)4-5-14-6-7-15-10(12(14)17)8-9(2)13-15/h6-8H,3-5H2,1-2H3. The number of ether oxygens (including phenoxy) is 1. The van der Waals surface area contributed by atoms with Crippen molar-refractivity contribution in [3.63, 3.8) is 0 Å². The summed E-state index contributed by atoms with van der Waals surface area (Å²) in [5.41, 5.74) is 1.15. The van der Waals surface area contributed by atoms with Gasteiger partial charge >= 0.3 is 5.97 Å². The van der Waals surface area contributed by atoms with Gasteiger partial charge in [-0.25, -0.2) is 4.52 Å². The third-order valence-electron chi connectivity index (χ3n) is 2.59. The van der Waals surface area contributed by atoms with Crippen molar-refractivity contribution in [3.8, 4) is 0 Å². The predicted octanol–water partition coefficient (Wildman–Crippen LogP) is 0.758. The number of hydrogen-bond acceptors (Lipinski definition) is 4. The fourth-order valence-electron chi connectivity index (χ4n) is 1.77. The van der Waals surface area contributed by atoms with Gasteiger partial charge in [-0.05, 0) is 19.9 Å². The lowest BCUT2D eigenvalue weighted by molar-refractivity contribution is -0.143. The highest BCUT2D eigenvalue weighted by molar-refractivity contribution is 5.69. The minimum absolute atomic E-state index is 0.151. The summed E-state index contributed by atoms with van der Waals surface area (Å²) in [6.45, 7) is 4.26. The van der Waals surface area contributed by atoms with Gasteiger partial charge in [0, 0.05) is 18.9 Å². The van der Waals surface area contributed by atoms with Crippen molar-refractivity contribution < 1.29 is 9.53 Å². The van der Waals surface area contributed by atoms with Crippen LogP contribution in [-0.4, -0.2) is 26.8 Å². The third kappa shape index (κ3) is 2.42. The number of carbonyl (C=O) groups is 1. The first-order valence-electron chi connectivity index (χ1n) is 5.83. The smallest absolute Gasteiger partial charge is 0.307 e. The topological polar surface area (TPSA) is 65.6 Å². The molecule has 0 amide bonds. The van der Waals surface area contributed by atoms with E-state index in [0.29, 0.717) is 18.7 Å². The normalized spacial score (nSPS) is 10.8. The van der Waals surface area contributed by atoms with E-state index in [-0.39, 0.29) is 17.9 Å². The summed E-state index contributed by atoms with van der Waals surface area (Å²) in [4.78, 5) is 23.3. The average molecular weight is 249 g/mol. The maximum atomic E-state index is 12.1. The zero-order chi connectivity index (χ0) is 13.1. The lowest BCUT2D eigenvalue weighted by Crippen LogP contribution is -2.23. The van der Waals surface area contributed by atoms with Gasteiger partial charge in [0.05, 0.1) is 18.7 Å². The number of aryl methyl sites for hydroxylation is 2. The molecular weight excluding hydrogens is 234 g/mol. The molecule has 2 rings (SSSR count). The van der Waals surface area contributed by atoms with Crippen LogP contribution in [0.5, 0.6) is 0 Å². The van der Waals surface area contributed by atoms with E-state index in [1.807, 2.05) is 6.92 Å². The Bertz CT molecular complexity index is 627. The number of hydrogen-bond donors (Lipinski definition) is 0. The Kier molecular flexibility index (Phi) is 3.45. The van der Waals surface area contributed by atoms with E-state index < -0.39 is 0 Å². The van der Waals surface area contributed by atoms with Gasteiger partial charge in [-0.3, -0.25) is 9.59 Å². The van der Waals surface area contributed by atoms with Gasteiger partial charge in [0.2, 0.25) is 0 Å². The molecule has 0 spiro atoms. The summed E-state index contributed by atoms with van der Waals surface area (Å²) in [7, 11) is 0. The third-order valence-corrected chi connectivity index (χ3v) is 2.59. The summed E-state index contributed by atoms with van der Waals surface area (Å²) >= 11 is 0. The molecule has 96 valence electrons. The number of esters is 1. The highest BCUT2D eigenvalue weighted by Gasteiger charge is 2.07. The number of rotatable bonds is 4. The van der Waals surface area contributed by atoms with E-state index >= 15 is 0 Å². The summed E-state index contributed by atoms with van der Waals surface area (Å²) in [5.74, 6) is -0.297. The fraction of sp³-hybridized carbons (Fsp3) is 0.417. The first-order chi connectivity index (χ1) is 8.61. The first kappa shape index (κ1) is 12.3. The Morgan fingerprint density at radius 2 is 2.22 bits per heavy atom. The van der Waals surface area contributed by atoms with E-state index in [2.05, 4.69) is 5.10 Å². The Balaban J connectivity index is 2.21. The van der Waals surface area contributed by atoms with E-state index in [1.165, 1.54) is 4.57 Å². The molecule has 2 aromatic heterocycles. The van der Waals surface area contributed by atoms with Crippen molar-refractivity contribution in [2.45, 2.75) is 26.8 Å². The summed E-state index contributed by atoms with van der Waals surface area (Å²) in [6, 6.07) is 1.73. The van der Waals surface area contributed by atoms with Gasteiger partial charge in [-0.1, -0.05) is 0 Å². The Labute approximate surface area is 104 Å². The van der Waals surface area contributed by atoms with Gasteiger partial charge in [0.1, 0.15) is 5.52 Å². The van der Waals surface area contributed by atoms with Crippen molar-refractivity contribution >= 4 is 11.5 Å². The molecule has 6 heteroatoms. The van der Waals surface area contributed by atoms with Crippen molar-refractivity contribution in [1.29, 1.82) is 0 Å². The number of nitrogens with zero attached hydrogens (tertiary/aromatic N) is 3. The van der Waals surface area contributed by atoms with Crippen molar-refractivity contribution in [3.05, 3.63) is 34.5 Å². The maximum Gasteiger partial charge on any atom is 0.307 e. The van der Waals surface area contributed by atoms with Crippen LogP contribution >= 0.6 is 0 Å². The molecular formula is C12H15N3O3. The second-order valence-electron chi connectivity index (χ2n) is 3.97. The molecule has 2 heterocycles. The minimum atomic E-state index is -0.297. The highest BCUT2D eigenvalue weighted by atomic mass is 16.5. The quantitative estimate of drug-likeness (QED) is 0.750. The van der Waals surface area contributed by atoms with Gasteiger partial charge in [0.25, 0.3) is 5.56 Å². The number of aromatic nitrogens is 3. The lowest BCUT2D eigenvalue weighted by atomic mass is 10.4. The van der Waals surface area contributed by atoms with Gasteiger partial charge in [-0.2, -0.15) is 5.10 Å². The van der Waals surface area contributed by atoms with Crippen LogP contribution in [0.4, 0.5) is 0 Å². The Morgan fingerprint density at radius 3 is 2.94 bits per heavy atom. The molecule has 2 aromatic rings. The van der Waals surface area contributed by atoms with E-state index in [1.54, 1.807) is 29.9 Å². The van der Waals surface area contributed by atoms with Crippen LogP contribution in [0.2, 0.25) is 0 Å². The Morgan fingerprint density at radius 1 is 1.44 bits per heavy atom. The van der Waals surface area contributed by atoms with Crippen LogP contribution in [0.25, 0.3) is 5.52 Å². The average Bonchev–Trinajstić information content (AvgIpc) is 2.70. The SMILES string of the molecule is CCOC(=O)CCn1ccn2nc(C)cc2c1=O. The monoisotopic (exact) mass is 249 g/mol. The largest absolute Gasteiger partial charge is 0.466 e. The fourth-order valence-corrected chi connectivity index (χ4v) is 1.77. The zero-order valence-corrected chi connectivity index (χ0v) is 10.4. The van der Waals surface area contributed by atoms with Crippen LogP contribution in [-0.2, 0) is 16.1 Å². The van der Waals surface area contributed by atoms with Crippen molar-refractivity contribution in [1.82, 2.24) is 14.2 Å². The van der Waals surface area contributed by atoms with E-state index in [0.717, 1.165) is 5.69 Å². The molecule has 0 fully saturated rings. The van der Waals surface area contributed by atoms with Crippen LogP contribution in [0, 0.1) is 6.92 Å². The molecule has 0 aliphatic rings. The van der Waals surface area contributed by atoms with Gasteiger partial charge < -0.3 is 9.30 Å². The molecule has 0 bridgehead atoms. The van der Waals surface area contributed by atoms with Crippen LogP contribution in [0.15, 0.2) is 23.3 Å². The summed E-state index contributed by atoms with van der Waals surface area (Å²) in [5, 5.41) is 4.15. The minimum Gasteiger partial charge on any atom is -0.466 e. The molecule has 0 radical (unpaired) electrons. The van der Waals surface area contributed by atoms with E-state index in [9.17, 15) is 9.59 Å². The summed E-state index contributed by atoms with van der Waals surface area (Å²) in [6.07, 6.45) is 3.52. The molecule has 0 saturated heterocycles. The lowest BCUT2D eigenvalue weighted by Gasteiger charge is -2.05. The predicted molar refractivity (Wildman–Crippen MR) is 65.4 cm³/mol. The molecule has 0 saturated carbocycles. The molecule has 0 N–H and O–H groups in total. The zero-order valence-electron chi connectivity index (χ0n) is 10.4. The molecule has 6 nitrogen and oxygen atoms in total. The molecule has 0 atom stereocenters. The molecule has 0 unspecified atom stereocenters. The van der Waals surface area contributed by atoms with E-state index in [4.69, 9.17) is 4.74 Å². The molecule has 0 aromatic carbocycles. The number of carbonyl (C=O) groups excluding carboxylic acids is 1. The molecule has 0 aliphatic carbocycles. The highest BCUT2D eigenvalue weighted by Crippen LogP contribution is 2.00. The molecule has 18 heavy (non-hydrogen) atoms. The first-order valence-corrected chi connectivity index (χ1v) is 5.83. The second kappa shape index (κ2) is 5.03. The van der Waals surface area contributed by atoms with Gasteiger partial charge in [-0.15, -0.1) is 0 Å². The Hall–Kier alpha value is -2.11. The maximum absolute atomic E-state index is 12.1. The number of fused-ring (bicyclic) bond motifs is 1. The van der Waals surface area contributed by atoms with Gasteiger partial charge in [0.15, 0.2) is 0 Å².